The number of ketones is 1. The number of carbonyl (C=O) groups is 2. The van der Waals surface area contributed by atoms with Crippen LogP contribution in [0.5, 0.6) is 11.5 Å². The smallest absolute Gasteiger partial charge is 0.314 e. The van der Waals surface area contributed by atoms with Crippen LogP contribution in [0.25, 0.3) is 0 Å². The topological polar surface area (TPSA) is 78.9 Å². The molecule has 0 unspecified atom stereocenters. The fourth-order valence-corrected chi connectivity index (χ4v) is 5.77. The minimum atomic E-state index is -3.25. The summed E-state index contributed by atoms with van der Waals surface area (Å²) >= 11 is 0. The van der Waals surface area contributed by atoms with E-state index in [2.05, 4.69) is 0 Å². The van der Waals surface area contributed by atoms with Crippen molar-refractivity contribution in [2.45, 2.75) is 0 Å². The lowest BCUT2D eigenvalue weighted by Crippen LogP contribution is -2.25. The SMILES string of the molecule is O=C(CP(=O)(c1ccccc1)c1ccccc1)OCC(=O)c1ccc2c(c1)OCCO2. The predicted molar refractivity (Wildman–Crippen MR) is 117 cm³/mol. The van der Waals surface area contributed by atoms with Crippen molar-refractivity contribution in [1.29, 1.82) is 0 Å². The van der Waals surface area contributed by atoms with Crippen LogP contribution >= 0.6 is 7.14 Å². The molecule has 1 aliphatic heterocycles. The third-order valence-corrected chi connectivity index (χ3v) is 7.89. The van der Waals surface area contributed by atoms with Gasteiger partial charge in [-0.2, -0.15) is 0 Å². The van der Waals surface area contributed by atoms with Crippen molar-refractivity contribution < 1.29 is 28.4 Å². The molecule has 0 aliphatic carbocycles. The van der Waals surface area contributed by atoms with Crippen LogP contribution in [0.3, 0.4) is 0 Å². The molecule has 3 aromatic rings. The highest BCUT2D eigenvalue weighted by Gasteiger charge is 2.31. The number of rotatable bonds is 7. The summed E-state index contributed by atoms with van der Waals surface area (Å²) in [5.74, 6) is -0.00551. The molecule has 0 radical (unpaired) electrons. The first-order chi connectivity index (χ1) is 15.1. The summed E-state index contributed by atoms with van der Waals surface area (Å²) in [6.45, 7) is 0.427. The fraction of sp³-hybridized carbons (Fsp3) is 0.167. The summed E-state index contributed by atoms with van der Waals surface area (Å²) in [6, 6.07) is 22.5. The van der Waals surface area contributed by atoms with Crippen molar-refractivity contribution in [3.05, 3.63) is 84.4 Å². The van der Waals surface area contributed by atoms with Gasteiger partial charge in [-0.3, -0.25) is 9.59 Å². The molecule has 0 bridgehead atoms. The third-order valence-electron chi connectivity index (χ3n) is 4.93. The number of hydrogen-bond donors (Lipinski definition) is 0. The van der Waals surface area contributed by atoms with Crippen LogP contribution in [0.2, 0.25) is 0 Å². The van der Waals surface area contributed by atoms with Crippen LogP contribution in [0.1, 0.15) is 10.4 Å². The molecule has 3 aromatic carbocycles. The largest absolute Gasteiger partial charge is 0.486 e. The number of benzene rings is 3. The summed E-state index contributed by atoms with van der Waals surface area (Å²) in [5, 5.41) is 1.13. The Kier molecular flexibility index (Phi) is 6.19. The van der Waals surface area contributed by atoms with Gasteiger partial charge in [0.2, 0.25) is 0 Å². The Hall–Kier alpha value is -3.37. The lowest BCUT2D eigenvalue weighted by Gasteiger charge is -2.19. The number of fused-ring (bicyclic) bond motifs is 1. The van der Waals surface area contributed by atoms with Gasteiger partial charge in [-0.1, -0.05) is 60.7 Å². The number of ether oxygens (including phenoxy) is 3. The number of Topliss-reactive ketones (excluding diaryl/α,β-unsaturated/α-hetero) is 1. The Morgan fingerprint density at radius 2 is 1.39 bits per heavy atom. The van der Waals surface area contributed by atoms with Gasteiger partial charge in [0.15, 0.2) is 31.0 Å². The van der Waals surface area contributed by atoms with E-state index in [-0.39, 0.29) is 11.9 Å². The van der Waals surface area contributed by atoms with Gasteiger partial charge in [0.05, 0.1) is 0 Å². The third kappa shape index (κ3) is 4.70. The summed E-state index contributed by atoms with van der Waals surface area (Å²) in [7, 11) is -3.25. The quantitative estimate of drug-likeness (QED) is 0.322. The van der Waals surface area contributed by atoms with Crippen molar-refractivity contribution in [1.82, 2.24) is 0 Å². The van der Waals surface area contributed by atoms with E-state index in [1.807, 2.05) is 12.1 Å². The average molecular weight is 436 g/mol. The zero-order valence-corrected chi connectivity index (χ0v) is 17.6. The minimum Gasteiger partial charge on any atom is -0.486 e. The molecule has 0 amide bonds. The molecule has 7 heteroatoms. The Morgan fingerprint density at radius 3 is 2.00 bits per heavy atom. The van der Waals surface area contributed by atoms with Gasteiger partial charge in [0, 0.05) is 16.2 Å². The normalized spacial score (nSPS) is 12.8. The minimum absolute atomic E-state index is 0.324. The van der Waals surface area contributed by atoms with Gasteiger partial charge in [-0.15, -0.1) is 0 Å². The van der Waals surface area contributed by atoms with E-state index in [1.165, 1.54) is 0 Å². The molecular formula is C24H21O6P. The van der Waals surface area contributed by atoms with E-state index < -0.39 is 19.7 Å². The van der Waals surface area contributed by atoms with Crippen LogP contribution in [0.4, 0.5) is 0 Å². The van der Waals surface area contributed by atoms with Crippen molar-refractivity contribution >= 4 is 29.5 Å². The highest BCUT2D eigenvalue weighted by Crippen LogP contribution is 2.43. The summed E-state index contributed by atoms with van der Waals surface area (Å²) in [6.07, 6.45) is -0.324. The first-order valence-corrected chi connectivity index (χ1v) is 11.7. The second-order valence-electron chi connectivity index (χ2n) is 7.01. The predicted octanol–water partition coefficient (Wildman–Crippen LogP) is 3.20. The van der Waals surface area contributed by atoms with Crippen molar-refractivity contribution in [2.24, 2.45) is 0 Å². The number of carbonyl (C=O) groups excluding carboxylic acids is 2. The Labute approximate surface area is 180 Å². The second kappa shape index (κ2) is 9.19. The summed E-state index contributed by atoms with van der Waals surface area (Å²) in [5.41, 5.74) is 0.353. The van der Waals surface area contributed by atoms with Crippen LogP contribution in [0, 0.1) is 0 Å². The average Bonchev–Trinajstić information content (AvgIpc) is 2.83. The van der Waals surface area contributed by atoms with Gasteiger partial charge in [0.25, 0.3) is 0 Å². The molecule has 0 aromatic heterocycles. The van der Waals surface area contributed by atoms with Crippen molar-refractivity contribution in [3.8, 4) is 11.5 Å². The van der Waals surface area contributed by atoms with Crippen LogP contribution in [-0.2, 0) is 14.1 Å². The number of hydrogen-bond acceptors (Lipinski definition) is 6. The van der Waals surface area contributed by atoms with E-state index in [1.54, 1.807) is 66.7 Å². The second-order valence-corrected chi connectivity index (χ2v) is 9.84. The first kappa shape index (κ1) is 20.9. The highest BCUT2D eigenvalue weighted by atomic mass is 31.2. The molecule has 6 nitrogen and oxygen atoms in total. The highest BCUT2D eigenvalue weighted by molar-refractivity contribution is 7.79. The van der Waals surface area contributed by atoms with E-state index in [9.17, 15) is 14.2 Å². The van der Waals surface area contributed by atoms with E-state index in [0.717, 1.165) is 0 Å². The van der Waals surface area contributed by atoms with Crippen molar-refractivity contribution in [3.63, 3.8) is 0 Å². The molecule has 0 spiro atoms. The Morgan fingerprint density at radius 1 is 0.806 bits per heavy atom. The molecule has 1 heterocycles. The monoisotopic (exact) mass is 436 g/mol. The zero-order valence-electron chi connectivity index (χ0n) is 16.7. The summed E-state index contributed by atoms with van der Waals surface area (Å²) < 4.78 is 30.0. The van der Waals surface area contributed by atoms with Gasteiger partial charge in [-0.25, -0.2) is 0 Å². The van der Waals surface area contributed by atoms with Gasteiger partial charge < -0.3 is 18.8 Å². The first-order valence-electron chi connectivity index (χ1n) is 9.85. The van der Waals surface area contributed by atoms with E-state index in [0.29, 0.717) is 40.9 Å². The van der Waals surface area contributed by atoms with Gasteiger partial charge >= 0.3 is 5.97 Å². The van der Waals surface area contributed by atoms with E-state index >= 15 is 0 Å². The zero-order chi connectivity index (χ0) is 21.7. The van der Waals surface area contributed by atoms with Crippen LogP contribution < -0.4 is 20.1 Å². The molecule has 0 saturated carbocycles. The van der Waals surface area contributed by atoms with E-state index in [4.69, 9.17) is 14.2 Å². The molecule has 0 fully saturated rings. The molecule has 0 atom stereocenters. The van der Waals surface area contributed by atoms with Gasteiger partial charge in [0.1, 0.15) is 19.4 Å². The standard InChI is InChI=1S/C24H21O6P/c25-21(18-11-12-22-23(15-18)29-14-13-28-22)16-30-24(26)17-31(27,19-7-3-1-4-8-19)20-9-5-2-6-10-20/h1-12,15H,13-14,16-17H2. The maximum absolute atomic E-state index is 13.9. The molecular weight excluding hydrogens is 415 g/mol. The maximum Gasteiger partial charge on any atom is 0.314 e. The molecule has 0 N–H and O–H groups in total. The lowest BCUT2D eigenvalue weighted by molar-refractivity contribution is -0.139. The fourth-order valence-electron chi connectivity index (χ4n) is 3.34. The summed E-state index contributed by atoms with van der Waals surface area (Å²) in [4.78, 5) is 25.1. The molecule has 1 aliphatic rings. The Balaban J connectivity index is 1.46. The van der Waals surface area contributed by atoms with Gasteiger partial charge in [-0.05, 0) is 18.2 Å². The Bertz CT molecular complexity index is 1080. The molecule has 0 saturated heterocycles. The molecule has 31 heavy (non-hydrogen) atoms. The van der Waals surface area contributed by atoms with Crippen molar-refractivity contribution in [2.75, 3.05) is 26.0 Å². The maximum atomic E-state index is 13.9. The van der Waals surface area contributed by atoms with Crippen LogP contribution in [-0.4, -0.2) is 37.7 Å². The lowest BCUT2D eigenvalue weighted by atomic mass is 10.1. The van der Waals surface area contributed by atoms with Crippen LogP contribution in [0.15, 0.2) is 78.9 Å². The molecule has 158 valence electrons. The molecule has 4 rings (SSSR count). The number of esters is 1.